The van der Waals surface area contributed by atoms with Crippen molar-refractivity contribution < 1.29 is 0 Å². The first-order chi connectivity index (χ1) is 12.6. The molecule has 3 aromatic rings. The fourth-order valence-electron chi connectivity index (χ4n) is 3.48. The Morgan fingerprint density at radius 3 is 2.73 bits per heavy atom. The number of pyridine rings is 1. The van der Waals surface area contributed by atoms with Gasteiger partial charge in [-0.05, 0) is 67.2 Å². The van der Waals surface area contributed by atoms with Crippen molar-refractivity contribution in [3.8, 4) is 5.69 Å². The number of likely N-dealkylation sites (N-methyl/N-ethyl adjacent to an activating group) is 1. The van der Waals surface area contributed by atoms with Crippen molar-refractivity contribution in [1.82, 2.24) is 19.8 Å². The number of thiocarbonyl (C=S) groups is 1. The summed E-state index contributed by atoms with van der Waals surface area (Å²) in [6.07, 6.45) is 3.89. The predicted octanol–water partition coefficient (Wildman–Crippen LogP) is 4.44. The second-order valence-electron chi connectivity index (χ2n) is 6.47. The topological polar surface area (TPSA) is 33.1 Å². The number of hydrogen-bond acceptors (Lipinski definition) is 2. The van der Waals surface area contributed by atoms with Gasteiger partial charge in [0.15, 0.2) is 5.11 Å². The summed E-state index contributed by atoms with van der Waals surface area (Å²) in [5, 5.41) is 4.92. The van der Waals surface area contributed by atoms with E-state index in [4.69, 9.17) is 23.8 Å². The molecule has 4 nitrogen and oxygen atoms in total. The van der Waals surface area contributed by atoms with Crippen LogP contribution >= 0.6 is 23.8 Å². The summed E-state index contributed by atoms with van der Waals surface area (Å²) in [6, 6.07) is 16.3. The smallest absolute Gasteiger partial charge is 0.169 e. The molecule has 0 bridgehead atoms. The zero-order valence-electron chi connectivity index (χ0n) is 14.6. The lowest BCUT2D eigenvalue weighted by molar-refractivity contribution is 0.357. The van der Waals surface area contributed by atoms with Gasteiger partial charge in [0.1, 0.15) is 0 Å². The highest BCUT2D eigenvalue weighted by Gasteiger charge is 2.39. The normalized spacial score (nSPS) is 19.7. The molecule has 6 heteroatoms. The maximum atomic E-state index is 6.20. The van der Waals surface area contributed by atoms with Crippen LogP contribution in [-0.4, -0.2) is 26.6 Å². The van der Waals surface area contributed by atoms with Crippen LogP contribution in [0, 0.1) is 6.92 Å². The van der Waals surface area contributed by atoms with Gasteiger partial charge in [0, 0.05) is 35.8 Å². The third kappa shape index (κ3) is 2.87. The van der Waals surface area contributed by atoms with Gasteiger partial charge in [-0.3, -0.25) is 4.98 Å². The van der Waals surface area contributed by atoms with Gasteiger partial charge < -0.3 is 14.8 Å². The molecule has 1 saturated heterocycles. The van der Waals surface area contributed by atoms with Gasteiger partial charge in [0.2, 0.25) is 0 Å². The monoisotopic (exact) mass is 382 g/mol. The van der Waals surface area contributed by atoms with Crippen molar-refractivity contribution in [3.63, 3.8) is 0 Å². The van der Waals surface area contributed by atoms with Crippen LogP contribution in [0.15, 0.2) is 60.9 Å². The van der Waals surface area contributed by atoms with Crippen molar-refractivity contribution >= 4 is 28.9 Å². The van der Waals surface area contributed by atoms with E-state index in [1.54, 1.807) is 0 Å². The summed E-state index contributed by atoms with van der Waals surface area (Å²) in [4.78, 5) is 6.64. The molecule has 4 rings (SSSR count). The number of nitrogens with zero attached hydrogens (tertiary/aromatic N) is 3. The Balaban J connectivity index is 1.80. The molecule has 0 radical (unpaired) electrons. The molecule has 0 aliphatic carbocycles. The highest BCUT2D eigenvalue weighted by Crippen LogP contribution is 2.38. The molecule has 2 atom stereocenters. The summed E-state index contributed by atoms with van der Waals surface area (Å²) in [5.41, 5.74) is 4.26. The lowest BCUT2D eigenvalue weighted by atomic mass is 10.0. The summed E-state index contributed by atoms with van der Waals surface area (Å²) in [6.45, 7) is 2.02. The van der Waals surface area contributed by atoms with Crippen molar-refractivity contribution in [3.05, 3.63) is 82.9 Å². The maximum absolute atomic E-state index is 6.20. The molecule has 1 aromatic carbocycles. The first-order valence-corrected chi connectivity index (χ1v) is 9.23. The average molecular weight is 383 g/mol. The molecule has 0 saturated carbocycles. The number of aromatic nitrogens is 2. The molecule has 1 aliphatic rings. The highest BCUT2D eigenvalue weighted by atomic mass is 35.5. The SMILES string of the molecule is Cc1cc(-n2cccc2C2C(c3ccccn3)NC(=S)N2C)ccc1Cl. The van der Waals surface area contributed by atoms with E-state index in [0.29, 0.717) is 0 Å². The first-order valence-electron chi connectivity index (χ1n) is 8.44. The van der Waals surface area contributed by atoms with Gasteiger partial charge in [0.25, 0.3) is 0 Å². The Morgan fingerprint density at radius 1 is 1.15 bits per heavy atom. The van der Waals surface area contributed by atoms with Crippen LogP contribution in [0.2, 0.25) is 5.02 Å². The minimum Gasteiger partial charge on any atom is -0.352 e. The lowest BCUT2D eigenvalue weighted by Crippen LogP contribution is -2.25. The standard InChI is InChI=1S/C20H19ClN4S/c1-13-12-14(8-9-15(13)21)25-11-5-7-17(25)19-18(23-20(26)24(19)2)16-6-3-4-10-22-16/h3-12,18-19H,1-2H3,(H,23,26). The number of hydrogen-bond donors (Lipinski definition) is 1. The average Bonchev–Trinajstić information content (AvgIpc) is 3.23. The van der Waals surface area contributed by atoms with E-state index in [9.17, 15) is 0 Å². The number of rotatable bonds is 3. The fraction of sp³-hybridized carbons (Fsp3) is 0.200. The first kappa shape index (κ1) is 17.1. The van der Waals surface area contributed by atoms with Crippen LogP contribution in [0.3, 0.4) is 0 Å². The van der Waals surface area contributed by atoms with Crippen LogP contribution < -0.4 is 5.32 Å². The number of nitrogens with one attached hydrogen (secondary N) is 1. The second-order valence-corrected chi connectivity index (χ2v) is 7.27. The third-order valence-corrected chi connectivity index (χ3v) is 5.67. The van der Waals surface area contributed by atoms with Crippen molar-refractivity contribution in [2.24, 2.45) is 0 Å². The van der Waals surface area contributed by atoms with Gasteiger partial charge in [-0.2, -0.15) is 0 Å². The third-order valence-electron chi connectivity index (χ3n) is 4.84. The van der Waals surface area contributed by atoms with Crippen LogP contribution in [-0.2, 0) is 0 Å². The minimum absolute atomic E-state index is 0.00394. The molecule has 0 amide bonds. The Hall–Kier alpha value is -2.37. The van der Waals surface area contributed by atoms with Gasteiger partial charge in [-0.15, -0.1) is 0 Å². The molecule has 1 aliphatic heterocycles. The largest absolute Gasteiger partial charge is 0.352 e. The molecule has 1 fully saturated rings. The van der Waals surface area contributed by atoms with Crippen LogP contribution in [0.4, 0.5) is 0 Å². The molecule has 2 unspecified atom stereocenters. The second kappa shape index (κ2) is 6.74. The van der Waals surface area contributed by atoms with Crippen molar-refractivity contribution in [2.75, 3.05) is 7.05 Å². The van der Waals surface area contributed by atoms with Crippen molar-refractivity contribution in [1.29, 1.82) is 0 Å². The summed E-state index contributed by atoms with van der Waals surface area (Å²) in [7, 11) is 2.02. The van der Waals surface area contributed by atoms with E-state index in [2.05, 4.69) is 44.2 Å². The molecule has 2 aromatic heterocycles. The number of aryl methyl sites for hydroxylation is 1. The van der Waals surface area contributed by atoms with Gasteiger partial charge in [-0.25, -0.2) is 0 Å². The zero-order chi connectivity index (χ0) is 18.3. The highest BCUT2D eigenvalue weighted by molar-refractivity contribution is 7.80. The lowest BCUT2D eigenvalue weighted by Gasteiger charge is -2.26. The summed E-state index contributed by atoms with van der Waals surface area (Å²) >= 11 is 11.7. The maximum Gasteiger partial charge on any atom is 0.169 e. The molecule has 26 heavy (non-hydrogen) atoms. The summed E-state index contributed by atoms with van der Waals surface area (Å²) in [5.74, 6) is 0. The van der Waals surface area contributed by atoms with E-state index in [-0.39, 0.29) is 12.1 Å². The predicted molar refractivity (Wildman–Crippen MR) is 109 cm³/mol. The van der Waals surface area contributed by atoms with Crippen LogP contribution in [0.25, 0.3) is 5.69 Å². The van der Waals surface area contributed by atoms with Crippen molar-refractivity contribution in [2.45, 2.75) is 19.0 Å². The Kier molecular flexibility index (Phi) is 4.42. The van der Waals surface area contributed by atoms with E-state index in [1.165, 1.54) is 0 Å². The quantitative estimate of drug-likeness (QED) is 0.679. The molecule has 1 N–H and O–H groups in total. The van der Waals surface area contributed by atoms with Crippen LogP contribution in [0.5, 0.6) is 0 Å². The number of benzene rings is 1. The van der Waals surface area contributed by atoms with E-state index in [0.717, 1.165) is 32.8 Å². The molecule has 3 heterocycles. The number of halogens is 1. The Labute approximate surface area is 163 Å². The fourth-order valence-corrected chi connectivity index (χ4v) is 3.84. The molecule has 132 valence electrons. The Morgan fingerprint density at radius 2 is 2.00 bits per heavy atom. The molecular weight excluding hydrogens is 364 g/mol. The van der Waals surface area contributed by atoms with Gasteiger partial charge in [-0.1, -0.05) is 17.7 Å². The summed E-state index contributed by atoms with van der Waals surface area (Å²) < 4.78 is 2.19. The Bertz CT molecular complexity index is 953. The zero-order valence-corrected chi connectivity index (χ0v) is 16.1. The molecule has 0 spiro atoms. The minimum atomic E-state index is -0.00394. The van der Waals surface area contributed by atoms with Crippen LogP contribution in [0.1, 0.15) is 29.0 Å². The van der Waals surface area contributed by atoms with Gasteiger partial charge in [0.05, 0.1) is 17.8 Å². The van der Waals surface area contributed by atoms with E-state index in [1.807, 2.05) is 50.5 Å². The van der Waals surface area contributed by atoms with E-state index >= 15 is 0 Å². The van der Waals surface area contributed by atoms with Gasteiger partial charge >= 0.3 is 0 Å². The molecular formula is C20H19ClN4S. The van der Waals surface area contributed by atoms with E-state index < -0.39 is 0 Å².